The molecule has 4 aliphatic rings. The number of imide groups is 1. The zero-order valence-electron chi connectivity index (χ0n) is 30.2. The molecule has 1 saturated heterocycles. The predicted molar refractivity (Wildman–Crippen MR) is 199 cm³/mol. The van der Waals surface area contributed by atoms with Gasteiger partial charge >= 0.3 is 6.18 Å². The number of halogens is 3. The first kappa shape index (κ1) is 36.5. The molecule has 2 aliphatic carbocycles. The summed E-state index contributed by atoms with van der Waals surface area (Å²) in [6.45, 7) is 1.89. The molecule has 0 spiro atoms. The van der Waals surface area contributed by atoms with Gasteiger partial charge in [-0.05, 0) is 109 Å². The lowest BCUT2D eigenvalue weighted by Gasteiger charge is -2.51. The van der Waals surface area contributed by atoms with Gasteiger partial charge in [0.25, 0.3) is 11.8 Å². The number of ether oxygens (including phenoxy) is 1. The largest absolute Gasteiger partial charge is 0.416 e. The van der Waals surface area contributed by atoms with Crippen molar-refractivity contribution in [3.63, 3.8) is 0 Å². The summed E-state index contributed by atoms with van der Waals surface area (Å²) in [6.07, 6.45) is -1.84. The fourth-order valence-electron chi connectivity index (χ4n) is 8.85. The minimum absolute atomic E-state index is 0.0142. The Kier molecular flexibility index (Phi) is 9.71. The van der Waals surface area contributed by atoms with E-state index in [0.29, 0.717) is 37.3 Å². The van der Waals surface area contributed by atoms with Gasteiger partial charge in [0.2, 0.25) is 11.8 Å². The van der Waals surface area contributed by atoms with Gasteiger partial charge < -0.3 is 19.9 Å². The summed E-state index contributed by atoms with van der Waals surface area (Å²) in [5.74, 6) is -2.04. The number of benzene rings is 4. The van der Waals surface area contributed by atoms with Gasteiger partial charge in [0.05, 0.1) is 29.9 Å². The number of nitrogens with one attached hydrogen (secondary N) is 1. The molecule has 2 fully saturated rings. The summed E-state index contributed by atoms with van der Waals surface area (Å²) < 4.78 is 46.2. The SMILES string of the molecule is O=C1c2ccccc2C(=O)N1CC(=O)N(Cc1ccc(C(F)(F)F)cc1)C1(C(=O)Nc2ccc(N3CCOCC3)cc2)CCC2Cc3ccccc3CC2C1. The standard InChI is InChI=1S/C43H41F3N4O5/c44-43(45,46)33-11-9-28(10-12-33)26-50(38(51)27-49-39(52)36-7-3-4-8-37(36)40(49)53)42(18-17-31-23-29-5-1-2-6-30(29)24-32(31)25-42)41(54)47-34-13-15-35(16-14-34)48-19-21-55-22-20-48/h1-16,31-32H,17-27H2,(H,47,54). The summed E-state index contributed by atoms with van der Waals surface area (Å²) in [5.41, 5.74) is 2.41. The number of alkyl halides is 3. The van der Waals surface area contributed by atoms with E-state index in [4.69, 9.17) is 4.74 Å². The van der Waals surface area contributed by atoms with Crippen LogP contribution in [0.3, 0.4) is 0 Å². The molecule has 12 heteroatoms. The van der Waals surface area contributed by atoms with Crippen molar-refractivity contribution in [1.29, 1.82) is 0 Å². The van der Waals surface area contributed by atoms with Crippen LogP contribution < -0.4 is 10.2 Å². The second-order valence-corrected chi connectivity index (χ2v) is 15.0. The maximum absolute atomic E-state index is 15.0. The van der Waals surface area contributed by atoms with Crippen LogP contribution >= 0.6 is 0 Å². The van der Waals surface area contributed by atoms with E-state index in [1.165, 1.54) is 40.3 Å². The highest BCUT2D eigenvalue weighted by Crippen LogP contribution is 2.47. The molecule has 2 heterocycles. The molecule has 8 rings (SSSR count). The monoisotopic (exact) mass is 750 g/mol. The van der Waals surface area contributed by atoms with Crippen LogP contribution in [0, 0.1) is 11.8 Å². The van der Waals surface area contributed by atoms with Crippen LogP contribution in [-0.4, -0.2) is 71.8 Å². The summed E-state index contributed by atoms with van der Waals surface area (Å²) in [4.78, 5) is 61.3. The third-order valence-corrected chi connectivity index (χ3v) is 11.8. The van der Waals surface area contributed by atoms with Gasteiger partial charge in [-0.2, -0.15) is 13.2 Å². The number of hydrogen-bond donors (Lipinski definition) is 1. The lowest BCUT2D eigenvalue weighted by atomic mass is 9.62. The van der Waals surface area contributed by atoms with Gasteiger partial charge in [0.1, 0.15) is 12.1 Å². The van der Waals surface area contributed by atoms with Crippen molar-refractivity contribution in [3.05, 3.63) is 130 Å². The zero-order valence-corrected chi connectivity index (χ0v) is 30.2. The van der Waals surface area contributed by atoms with E-state index in [1.54, 1.807) is 12.1 Å². The van der Waals surface area contributed by atoms with Crippen molar-refractivity contribution < 1.29 is 37.1 Å². The molecular formula is C43H41F3N4O5. The average Bonchev–Trinajstić information content (AvgIpc) is 3.44. The first-order chi connectivity index (χ1) is 26.5. The summed E-state index contributed by atoms with van der Waals surface area (Å²) >= 11 is 0. The maximum Gasteiger partial charge on any atom is 0.416 e. The number of carbonyl (C=O) groups is 4. The van der Waals surface area contributed by atoms with Gasteiger partial charge in [0.15, 0.2) is 0 Å². The molecule has 284 valence electrons. The van der Waals surface area contributed by atoms with Crippen LogP contribution in [0.1, 0.15) is 62.2 Å². The quantitative estimate of drug-likeness (QED) is 0.200. The molecule has 4 amide bonds. The van der Waals surface area contributed by atoms with Crippen molar-refractivity contribution in [2.24, 2.45) is 11.8 Å². The second kappa shape index (κ2) is 14.6. The molecule has 0 radical (unpaired) electrons. The smallest absolute Gasteiger partial charge is 0.378 e. The number of carbonyl (C=O) groups excluding carboxylic acids is 4. The van der Waals surface area contributed by atoms with E-state index in [9.17, 15) is 27.6 Å². The lowest BCUT2D eigenvalue weighted by molar-refractivity contribution is -0.151. The van der Waals surface area contributed by atoms with Gasteiger partial charge in [-0.3, -0.25) is 24.1 Å². The molecule has 0 aromatic heterocycles. The molecule has 3 atom stereocenters. The van der Waals surface area contributed by atoms with Crippen LogP contribution in [0.5, 0.6) is 0 Å². The van der Waals surface area contributed by atoms with Crippen molar-refractivity contribution in [3.8, 4) is 0 Å². The Hall–Kier alpha value is -5.49. The van der Waals surface area contributed by atoms with Gasteiger partial charge in [-0.25, -0.2) is 0 Å². The molecular weight excluding hydrogens is 709 g/mol. The van der Waals surface area contributed by atoms with Crippen LogP contribution in [0.15, 0.2) is 97.1 Å². The molecule has 4 aromatic carbocycles. The molecule has 2 aliphatic heterocycles. The van der Waals surface area contributed by atoms with Crippen LogP contribution in [-0.2, 0) is 39.9 Å². The minimum Gasteiger partial charge on any atom is -0.378 e. The third-order valence-electron chi connectivity index (χ3n) is 11.8. The second-order valence-electron chi connectivity index (χ2n) is 15.0. The minimum atomic E-state index is -4.56. The number of anilines is 2. The van der Waals surface area contributed by atoms with E-state index in [0.717, 1.165) is 42.2 Å². The van der Waals surface area contributed by atoms with E-state index in [-0.39, 0.29) is 42.3 Å². The zero-order chi connectivity index (χ0) is 38.3. The third kappa shape index (κ3) is 7.11. The highest BCUT2D eigenvalue weighted by molar-refractivity contribution is 6.22. The topological polar surface area (TPSA) is 99.3 Å². The fourth-order valence-corrected chi connectivity index (χ4v) is 8.85. The van der Waals surface area contributed by atoms with Crippen molar-refractivity contribution in [1.82, 2.24) is 9.80 Å². The Labute approximate surface area is 317 Å². The van der Waals surface area contributed by atoms with Crippen LogP contribution in [0.25, 0.3) is 0 Å². The van der Waals surface area contributed by atoms with E-state index >= 15 is 4.79 Å². The van der Waals surface area contributed by atoms with Gasteiger partial charge in [0, 0.05) is 31.0 Å². The lowest BCUT2D eigenvalue weighted by Crippen LogP contribution is -2.63. The molecule has 55 heavy (non-hydrogen) atoms. The number of nitrogens with zero attached hydrogens (tertiary/aromatic N) is 3. The molecule has 1 N–H and O–H groups in total. The number of fused-ring (bicyclic) bond motifs is 3. The number of hydrogen-bond acceptors (Lipinski definition) is 6. The van der Waals surface area contributed by atoms with Crippen LogP contribution in [0.2, 0.25) is 0 Å². The average molecular weight is 751 g/mol. The molecule has 3 unspecified atom stereocenters. The number of amides is 4. The maximum atomic E-state index is 15.0. The van der Waals surface area contributed by atoms with Gasteiger partial charge in [-0.1, -0.05) is 48.5 Å². The van der Waals surface area contributed by atoms with E-state index < -0.39 is 47.5 Å². The summed E-state index contributed by atoms with van der Waals surface area (Å²) in [7, 11) is 0. The predicted octanol–water partition coefficient (Wildman–Crippen LogP) is 6.76. The Balaban J connectivity index is 1.16. The van der Waals surface area contributed by atoms with Gasteiger partial charge in [-0.15, -0.1) is 0 Å². The first-order valence-corrected chi connectivity index (χ1v) is 18.7. The van der Waals surface area contributed by atoms with E-state index in [2.05, 4.69) is 22.3 Å². The number of morpholine rings is 1. The Bertz CT molecular complexity index is 2080. The molecule has 9 nitrogen and oxygen atoms in total. The highest BCUT2D eigenvalue weighted by atomic mass is 19.4. The first-order valence-electron chi connectivity index (χ1n) is 18.7. The number of rotatable bonds is 8. The van der Waals surface area contributed by atoms with E-state index in [1.807, 2.05) is 36.4 Å². The molecule has 0 bridgehead atoms. The Morgan fingerprint density at radius 3 is 2.02 bits per heavy atom. The summed E-state index contributed by atoms with van der Waals surface area (Å²) in [6, 6.07) is 26.6. The highest BCUT2D eigenvalue weighted by Gasteiger charge is 2.53. The molecule has 1 saturated carbocycles. The fraction of sp³-hybridized carbons (Fsp3) is 0.349. The Morgan fingerprint density at radius 1 is 0.800 bits per heavy atom. The molecule has 4 aromatic rings. The Morgan fingerprint density at radius 2 is 1.40 bits per heavy atom. The summed E-state index contributed by atoms with van der Waals surface area (Å²) in [5, 5.41) is 3.10. The van der Waals surface area contributed by atoms with Crippen LogP contribution in [0.4, 0.5) is 24.5 Å². The van der Waals surface area contributed by atoms with Crippen molar-refractivity contribution in [2.75, 3.05) is 43.1 Å². The van der Waals surface area contributed by atoms with Crippen molar-refractivity contribution >= 4 is 35.0 Å². The van der Waals surface area contributed by atoms with Crippen molar-refractivity contribution in [2.45, 2.75) is 50.4 Å². The normalized spacial score (nSPS) is 22.1.